The Hall–Kier alpha value is -3.22. The number of hydrogen-bond acceptors (Lipinski definition) is 5. The lowest BCUT2D eigenvalue weighted by atomic mass is 10.3. The van der Waals surface area contributed by atoms with Crippen LogP contribution in [0.4, 0.5) is 0 Å². The van der Waals surface area contributed by atoms with E-state index in [1.807, 2.05) is 72.8 Å². The van der Waals surface area contributed by atoms with Crippen molar-refractivity contribution in [2.24, 2.45) is 0 Å². The van der Waals surface area contributed by atoms with Crippen LogP contribution in [0.25, 0.3) is 0 Å². The molecule has 6 heteroatoms. The molecule has 0 aliphatic rings. The topological polar surface area (TPSA) is 52.6 Å². The highest BCUT2D eigenvalue weighted by molar-refractivity contribution is 7.98. The summed E-state index contributed by atoms with van der Waals surface area (Å²) in [6, 6.07) is 33.6. The lowest BCUT2D eigenvalue weighted by Gasteiger charge is -2.05. The highest BCUT2D eigenvalue weighted by Gasteiger charge is 2.06. The summed E-state index contributed by atoms with van der Waals surface area (Å²) in [4.78, 5) is 1.54. The minimum atomic E-state index is -3.15. The quantitative estimate of drug-likeness (QED) is 0.264. The molecule has 0 aromatic heterocycles. The minimum Gasteiger partial charge on any atom is -0.457 e. The molecule has 0 saturated heterocycles. The average Bonchev–Trinajstić information content (AvgIpc) is 2.81. The van der Waals surface area contributed by atoms with Crippen molar-refractivity contribution in [3.05, 3.63) is 109 Å². The van der Waals surface area contributed by atoms with Gasteiger partial charge in [-0.25, -0.2) is 8.42 Å². The van der Waals surface area contributed by atoms with Gasteiger partial charge in [0.2, 0.25) is 0 Å². The van der Waals surface area contributed by atoms with E-state index in [0.29, 0.717) is 5.75 Å². The maximum absolute atomic E-state index is 11.3. The molecule has 0 radical (unpaired) electrons. The Bertz CT molecular complexity index is 1190. The van der Waals surface area contributed by atoms with Crippen LogP contribution in [-0.4, -0.2) is 20.9 Å². The molecular weight excluding hydrogens is 452 g/mol. The maximum atomic E-state index is 11.3. The van der Waals surface area contributed by atoms with Gasteiger partial charge in [-0.1, -0.05) is 43.8 Å². The van der Waals surface area contributed by atoms with E-state index < -0.39 is 9.84 Å². The Morgan fingerprint density at radius 1 is 0.576 bits per heavy atom. The van der Waals surface area contributed by atoms with Crippen molar-refractivity contribution in [1.82, 2.24) is 0 Å². The first-order valence-corrected chi connectivity index (χ1v) is 13.0. The fourth-order valence-corrected chi connectivity index (χ4v) is 3.69. The van der Waals surface area contributed by atoms with Gasteiger partial charge in [-0.2, -0.15) is 0 Å². The molecule has 172 valence electrons. The molecule has 0 aliphatic carbocycles. The fourth-order valence-electron chi connectivity index (χ4n) is 2.65. The zero-order valence-electron chi connectivity index (χ0n) is 17.8. The molecule has 0 atom stereocenters. The molecule has 0 heterocycles. The van der Waals surface area contributed by atoms with E-state index in [-0.39, 0.29) is 12.3 Å². The highest BCUT2D eigenvalue weighted by atomic mass is 32.2. The lowest BCUT2D eigenvalue weighted by Crippen LogP contribution is -1.96. The summed E-state index contributed by atoms with van der Waals surface area (Å²) in [7, 11) is -3.15. The Morgan fingerprint density at radius 2 is 0.939 bits per heavy atom. The average molecular weight is 481 g/mol. The summed E-state index contributed by atoms with van der Waals surface area (Å²) in [6.07, 6.45) is 3.24. The predicted octanol–water partition coefficient (Wildman–Crippen LogP) is 7.72. The van der Waals surface area contributed by atoms with Crippen molar-refractivity contribution in [2.45, 2.75) is 17.2 Å². The fraction of sp³-hybridized carbons (Fsp3) is 0.111. The van der Waals surface area contributed by atoms with Gasteiger partial charge < -0.3 is 9.47 Å². The zero-order valence-corrected chi connectivity index (χ0v) is 19.5. The molecule has 0 saturated carbocycles. The van der Waals surface area contributed by atoms with Crippen molar-refractivity contribution in [1.29, 1.82) is 0 Å². The molecule has 4 rings (SSSR count). The van der Waals surface area contributed by atoms with Crippen molar-refractivity contribution in [3.8, 4) is 23.0 Å². The van der Waals surface area contributed by atoms with E-state index in [9.17, 15) is 8.42 Å². The van der Waals surface area contributed by atoms with Gasteiger partial charge >= 0.3 is 0 Å². The van der Waals surface area contributed by atoms with Gasteiger partial charge in [-0.05, 0) is 79.1 Å². The van der Waals surface area contributed by atoms with Crippen LogP contribution in [0.3, 0.4) is 0 Å². The first-order chi connectivity index (χ1) is 15.4. The number of rotatable bonds is 6. The third-order valence-electron chi connectivity index (χ3n) is 4.27. The van der Waals surface area contributed by atoms with Crippen LogP contribution in [0.1, 0.15) is 7.43 Å². The SMILES string of the molecule is C.CS(=O)(=O)c1ccc(Oc2ccccc2)cc1.CSc1ccc(Oc2ccccc2)cc1. The molecule has 33 heavy (non-hydrogen) atoms. The number of ether oxygens (including phenoxy) is 2. The second-order valence-corrected chi connectivity index (χ2v) is 9.64. The van der Waals surface area contributed by atoms with Crippen LogP contribution >= 0.6 is 11.8 Å². The van der Waals surface area contributed by atoms with Gasteiger partial charge in [-0.3, -0.25) is 0 Å². The minimum absolute atomic E-state index is 0. The standard InChI is InChI=1S/C13H12O3S.C13H12OS.CH4/c1-17(14,15)13-9-7-12(8-10-13)16-11-5-3-2-4-6-11;1-15-13-9-7-12(8-10-13)14-11-5-3-2-4-6-11;/h2-10H,1H3;2-10H,1H3;1H4. The molecule has 4 aromatic carbocycles. The van der Waals surface area contributed by atoms with Crippen molar-refractivity contribution < 1.29 is 17.9 Å². The lowest BCUT2D eigenvalue weighted by molar-refractivity contribution is 0.482. The van der Waals surface area contributed by atoms with Gasteiger partial charge in [-0.15, -0.1) is 11.8 Å². The summed E-state index contributed by atoms with van der Waals surface area (Å²) in [5.41, 5.74) is 0. The second kappa shape index (κ2) is 12.7. The third-order valence-corrected chi connectivity index (χ3v) is 6.14. The number of para-hydroxylation sites is 2. The Balaban J connectivity index is 0.000000228. The maximum Gasteiger partial charge on any atom is 0.175 e. The smallest absolute Gasteiger partial charge is 0.175 e. The highest BCUT2D eigenvalue weighted by Crippen LogP contribution is 2.24. The number of thioether (sulfide) groups is 1. The molecule has 0 N–H and O–H groups in total. The molecular formula is C27H28O4S2. The monoisotopic (exact) mass is 480 g/mol. The zero-order chi connectivity index (χ0) is 22.8. The van der Waals surface area contributed by atoms with E-state index >= 15 is 0 Å². The van der Waals surface area contributed by atoms with Gasteiger partial charge in [0.05, 0.1) is 4.90 Å². The summed E-state index contributed by atoms with van der Waals surface area (Å²) in [5.74, 6) is 3.08. The first-order valence-electron chi connectivity index (χ1n) is 9.84. The predicted molar refractivity (Wildman–Crippen MR) is 138 cm³/mol. The Morgan fingerprint density at radius 3 is 1.30 bits per heavy atom. The van der Waals surface area contributed by atoms with Crippen LogP contribution in [0.2, 0.25) is 0 Å². The molecule has 0 aliphatic heterocycles. The van der Waals surface area contributed by atoms with Crippen LogP contribution in [0, 0.1) is 0 Å². The van der Waals surface area contributed by atoms with Crippen molar-refractivity contribution in [2.75, 3.05) is 12.5 Å². The van der Waals surface area contributed by atoms with Crippen LogP contribution in [0.15, 0.2) is 119 Å². The van der Waals surface area contributed by atoms with E-state index in [0.717, 1.165) is 17.2 Å². The van der Waals surface area contributed by atoms with E-state index in [2.05, 4.69) is 18.4 Å². The Kier molecular flexibility index (Phi) is 10.0. The van der Waals surface area contributed by atoms with Crippen molar-refractivity contribution in [3.63, 3.8) is 0 Å². The van der Waals surface area contributed by atoms with Gasteiger partial charge in [0, 0.05) is 11.2 Å². The van der Waals surface area contributed by atoms with Gasteiger partial charge in [0.1, 0.15) is 23.0 Å². The van der Waals surface area contributed by atoms with Crippen molar-refractivity contribution >= 4 is 21.6 Å². The van der Waals surface area contributed by atoms with Crippen LogP contribution < -0.4 is 9.47 Å². The molecule has 0 unspecified atom stereocenters. The van der Waals surface area contributed by atoms with E-state index in [1.165, 1.54) is 23.3 Å². The number of benzene rings is 4. The summed E-state index contributed by atoms with van der Waals surface area (Å²) < 4.78 is 33.7. The first kappa shape index (κ1) is 26.0. The number of hydrogen-bond donors (Lipinski definition) is 0. The molecule has 0 spiro atoms. The number of sulfone groups is 1. The summed E-state index contributed by atoms with van der Waals surface area (Å²) >= 11 is 1.73. The van der Waals surface area contributed by atoms with Crippen LogP contribution in [-0.2, 0) is 9.84 Å². The van der Waals surface area contributed by atoms with Gasteiger partial charge in [0.15, 0.2) is 9.84 Å². The molecule has 4 nitrogen and oxygen atoms in total. The summed E-state index contributed by atoms with van der Waals surface area (Å²) in [6.45, 7) is 0. The van der Waals surface area contributed by atoms with E-state index in [4.69, 9.17) is 9.47 Å². The second-order valence-electron chi connectivity index (χ2n) is 6.75. The molecule has 0 fully saturated rings. The van der Waals surface area contributed by atoms with E-state index in [1.54, 1.807) is 23.9 Å². The van der Waals surface area contributed by atoms with Crippen LogP contribution in [0.5, 0.6) is 23.0 Å². The molecule has 4 aromatic rings. The Labute approximate surface area is 201 Å². The molecule has 0 bridgehead atoms. The summed E-state index contributed by atoms with van der Waals surface area (Å²) in [5, 5.41) is 0. The van der Waals surface area contributed by atoms with Gasteiger partial charge in [0.25, 0.3) is 0 Å². The third kappa shape index (κ3) is 8.67. The largest absolute Gasteiger partial charge is 0.457 e. The normalized spacial score (nSPS) is 10.2. The molecule has 0 amide bonds.